The second kappa shape index (κ2) is 8.23. The molecule has 0 aromatic heterocycles. The first kappa shape index (κ1) is 20.8. The van der Waals surface area contributed by atoms with Gasteiger partial charge in [-0.05, 0) is 53.6 Å². The van der Waals surface area contributed by atoms with Gasteiger partial charge in [0.05, 0.1) is 17.9 Å². The molecule has 0 saturated heterocycles. The Labute approximate surface area is 171 Å². The van der Waals surface area contributed by atoms with Crippen LogP contribution in [0.5, 0.6) is 5.75 Å². The topological polar surface area (TPSA) is 75.7 Å². The van der Waals surface area contributed by atoms with E-state index in [1.165, 1.54) is 26.2 Å². The molecule has 29 heavy (non-hydrogen) atoms. The van der Waals surface area contributed by atoms with Crippen molar-refractivity contribution >= 4 is 32.4 Å². The van der Waals surface area contributed by atoms with E-state index in [1.807, 2.05) is 43.3 Å². The van der Waals surface area contributed by atoms with Crippen LogP contribution in [0.25, 0.3) is 10.8 Å². The number of methoxy groups -OCH3 is 1. The quantitative estimate of drug-likeness (QED) is 0.667. The molecule has 0 unspecified atom stereocenters. The summed E-state index contributed by atoms with van der Waals surface area (Å²) < 4.78 is 31.0. The van der Waals surface area contributed by atoms with Crippen molar-refractivity contribution < 1.29 is 17.9 Å². The highest BCUT2D eigenvalue weighted by atomic mass is 32.2. The molecule has 1 N–H and O–H groups in total. The summed E-state index contributed by atoms with van der Waals surface area (Å²) in [6.07, 6.45) is 0. The summed E-state index contributed by atoms with van der Waals surface area (Å²) in [7, 11) is 1.00. The standard InChI is InChI=1S/C22H24N2O4S/c1-15(16-8-9-18-13-20(28-4)11-10-17(18)12-16)22(25)23-19-6-5-7-21(14-19)29(26,27)24(2)3/h5-15H,1-4H3,(H,23,25)/t15-/m0/s1. The van der Waals surface area contributed by atoms with Gasteiger partial charge in [0.2, 0.25) is 15.9 Å². The van der Waals surface area contributed by atoms with E-state index in [-0.39, 0.29) is 10.8 Å². The number of amides is 1. The molecular formula is C22H24N2O4S. The highest BCUT2D eigenvalue weighted by Crippen LogP contribution is 2.26. The summed E-state index contributed by atoms with van der Waals surface area (Å²) in [5.41, 5.74) is 1.31. The summed E-state index contributed by atoms with van der Waals surface area (Å²) in [6.45, 7) is 1.82. The maximum Gasteiger partial charge on any atom is 0.242 e. The number of ether oxygens (including phenoxy) is 1. The number of nitrogens with one attached hydrogen (secondary N) is 1. The number of anilines is 1. The van der Waals surface area contributed by atoms with Gasteiger partial charge < -0.3 is 10.1 Å². The number of rotatable bonds is 6. The number of nitrogens with zero attached hydrogens (tertiary/aromatic N) is 1. The number of sulfonamides is 1. The fourth-order valence-corrected chi connectivity index (χ4v) is 3.93. The number of carbonyl (C=O) groups excluding carboxylic acids is 1. The molecule has 3 rings (SSSR count). The number of benzene rings is 3. The van der Waals surface area contributed by atoms with Crippen LogP contribution in [0.1, 0.15) is 18.4 Å². The fourth-order valence-electron chi connectivity index (χ4n) is 2.99. The van der Waals surface area contributed by atoms with Crippen LogP contribution in [0.2, 0.25) is 0 Å². The van der Waals surface area contributed by atoms with Crippen LogP contribution in [-0.2, 0) is 14.8 Å². The van der Waals surface area contributed by atoms with Gasteiger partial charge in [0, 0.05) is 19.8 Å². The summed E-state index contributed by atoms with van der Waals surface area (Å²) in [5, 5.41) is 4.86. The van der Waals surface area contributed by atoms with E-state index in [0.717, 1.165) is 26.4 Å². The molecule has 0 spiro atoms. The SMILES string of the molecule is COc1ccc2cc([C@H](C)C(=O)Nc3cccc(S(=O)(=O)N(C)C)c3)ccc2c1. The molecule has 6 nitrogen and oxygen atoms in total. The molecule has 0 aliphatic heterocycles. The third-order valence-electron chi connectivity index (χ3n) is 4.84. The molecule has 0 aliphatic carbocycles. The van der Waals surface area contributed by atoms with Crippen molar-refractivity contribution in [3.63, 3.8) is 0 Å². The molecule has 3 aromatic carbocycles. The fraction of sp³-hybridized carbons (Fsp3) is 0.227. The first-order valence-corrected chi connectivity index (χ1v) is 10.6. The molecule has 1 atom stereocenters. The van der Waals surface area contributed by atoms with E-state index >= 15 is 0 Å². The van der Waals surface area contributed by atoms with E-state index in [1.54, 1.807) is 19.2 Å². The van der Waals surface area contributed by atoms with Crippen molar-refractivity contribution in [2.75, 3.05) is 26.5 Å². The minimum absolute atomic E-state index is 0.132. The number of fused-ring (bicyclic) bond motifs is 1. The molecule has 0 aliphatic rings. The maximum absolute atomic E-state index is 12.8. The molecule has 0 saturated carbocycles. The highest BCUT2D eigenvalue weighted by molar-refractivity contribution is 7.89. The normalized spacial score (nSPS) is 12.7. The lowest BCUT2D eigenvalue weighted by Gasteiger charge is -2.15. The van der Waals surface area contributed by atoms with Crippen LogP contribution in [0.3, 0.4) is 0 Å². The Kier molecular flexibility index (Phi) is 5.91. The van der Waals surface area contributed by atoms with E-state index in [2.05, 4.69) is 5.32 Å². The third-order valence-corrected chi connectivity index (χ3v) is 6.66. The third kappa shape index (κ3) is 4.41. The first-order chi connectivity index (χ1) is 13.7. The second-order valence-corrected chi connectivity index (χ2v) is 9.15. The van der Waals surface area contributed by atoms with E-state index in [4.69, 9.17) is 4.74 Å². The monoisotopic (exact) mass is 412 g/mol. The summed E-state index contributed by atoms with van der Waals surface area (Å²) in [6, 6.07) is 17.9. The Morgan fingerprint density at radius 1 is 1.00 bits per heavy atom. The molecule has 1 amide bonds. The Balaban J connectivity index is 1.81. The minimum Gasteiger partial charge on any atom is -0.497 e. The summed E-state index contributed by atoms with van der Waals surface area (Å²) >= 11 is 0. The lowest BCUT2D eigenvalue weighted by molar-refractivity contribution is -0.117. The Morgan fingerprint density at radius 2 is 1.69 bits per heavy atom. The predicted octanol–water partition coefficient (Wildman–Crippen LogP) is 3.84. The lowest BCUT2D eigenvalue weighted by atomic mass is 9.97. The average Bonchev–Trinajstić information content (AvgIpc) is 2.72. The van der Waals surface area contributed by atoms with Gasteiger partial charge >= 0.3 is 0 Å². The van der Waals surface area contributed by atoms with E-state index < -0.39 is 15.9 Å². The maximum atomic E-state index is 12.8. The zero-order chi connectivity index (χ0) is 21.2. The van der Waals surface area contributed by atoms with Crippen LogP contribution in [0, 0.1) is 0 Å². The molecule has 0 fully saturated rings. The second-order valence-electron chi connectivity index (χ2n) is 7.00. The van der Waals surface area contributed by atoms with Gasteiger partial charge in [-0.2, -0.15) is 0 Å². The Hall–Kier alpha value is -2.90. The molecule has 0 heterocycles. The van der Waals surface area contributed by atoms with Crippen molar-refractivity contribution in [2.45, 2.75) is 17.7 Å². The molecule has 0 radical (unpaired) electrons. The van der Waals surface area contributed by atoms with Gasteiger partial charge in [-0.15, -0.1) is 0 Å². The van der Waals surface area contributed by atoms with Crippen molar-refractivity contribution in [3.05, 3.63) is 66.2 Å². The molecule has 3 aromatic rings. The van der Waals surface area contributed by atoms with E-state index in [0.29, 0.717) is 5.69 Å². The summed E-state index contributed by atoms with van der Waals surface area (Å²) in [5.74, 6) is 0.163. The molecule has 152 valence electrons. The zero-order valence-corrected chi connectivity index (χ0v) is 17.7. The summed E-state index contributed by atoms with van der Waals surface area (Å²) in [4.78, 5) is 12.9. The number of carbonyl (C=O) groups is 1. The molecule has 7 heteroatoms. The van der Waals surface area contributed by atoms with Gasteiger partial charge in [0.1, 0.15) is 5.75 Å². The van der Waals surface area contributed by atoms with Crippen LogP contribution in [-0.4, -0.2) is 39.8 Å². The van der Waals surface area contributed by atoms with Crippen molar-refractivity contribution in [1.82, 2.24) is 4.31 Å². The average molecular weight is 413 g/mol. The van der Waals surface area contributed by atoms with E-state index in [9.17, 15) is 13.2 Å². The molecule has 0 bridgehead atoms. The highest BCUT2D eigenvalue weighted by Gasteiger charge is 2.19. The van der Waals surface area contributed by atoms with Gasteiger partial charge in [-0.1, -0.05) is 30.3 Å². The van der Waals surface area contributed by atoms with Crippen molar-refractivity contribution in [2.24, 2.45) is 0 Å². The minimum atomic E-state index is -3.57. The van der Waals surface area contributed by atoms with Crippen molar-refractivity contribution in [1.29, 1.82) is 0 Å². The Morgan fingerprint density at radius 3 is 2.38 bits per heavy atom. The number of hydrogen-bond donors (Lipinski definition) is 1. The predicted molar refractivity (Wildman–Crippen MR) is 115 cm³/mol. The van der Waals surface area contributed by atoms with Crippen LogP contribution >= 0.6 is 0 Å². The van der Waals surface area contributed by atoms with Crippen LogP contribution < -0.4 is 10.1 Å². The van der Waals surface area contributed by atoms with Crippen LogP contribution in [0.4, 0.5) is 5.69 Å². The smallest absolute Gasteiger partial charge is 0.242 e. The Bertz CT molecular complexity index is 1160. The first-order valence-electron chi connectivity index (χ1n) is 9.13. The van der Waals surface area contributed by atoms with Crippen LogP contribution in [0.15, 0.2) is 65.6 Å². The van der Waals surface area contributed by atoms with Crippen molar-refractivity contribution in [3.8, 4) is 5.75 Å². The van der Waals surface area contributed by atoms with Gasteiger partial charge in [0.25, 0.3) is 0 Å². The zero-order valence-electron chi connectivity index (χ0n) is 16.8. The lowest BCUT2D eigenvalue weighted by Crippen LogP contribution is -2.23. The van der Waals surface area contributed by atoms with Gasteiger partial charge in [-0.25, -0.2) is 12.7 Å². The largest absolute Gasteiger partial charge is 0.497 e. The number of hydrogen-bond acceptors (Lipinski definition) is 4. The van der Waals surface area contributed by atoms with Gasteiger partial charge in [0.15, 0.2) is 0 Å². The van der Waals surface area contributed by atoms with Gasteiger partial charge in [-0.3, -0.25) is 4.79 Å². The molecular weight excluding hydrogens is 388 g/mol.